The summed E-state index contributed by atoms with van der Waals surface area (Å²) < 4.78 is 13.9. The molecule has 192 valence electrons. The predicted molar refractivity (Wildman–Crippen MR) is 141 cm³/mol. The van der Waals surface area contributed by atoms with Crippen molar-refractivity contribution in [1.82, 2.24) is 20.8 Å². The summed E-state index contributed by atoms with van der Waals surface area (Å²) in [5.41, 5.74) is 3.83. The van der Waals surface area contributed by atoms with Crippen molar-refractivity contribution in [3.63, 3.8) is 0 Å². The maximum Gasteiger partial charge on any atom is 0.315 e. The van der Waals surface area contributed by atoms with E-state index in [1.165, 1.54) is 0 Å². The Morgan fingerprint density at radius 2 is 1.72 bits per heavy atom. The maximum absolute atomic E-state index is 11.7. The van der Waals surface area contributed by atoms with E-state index in [4.69, 9.17) is 9.47 Å². The van der Waals surface area contributed by atoms with Gasteiger partial charge in [-0.05, 0) is 30.5 Å². The van der Waals surface area contributed by atoms with Gasteiger partial charge in [0.25, 0.3) is 0 Å². The molecule has 36 heavy (non-hydrogen) atoms. The summed E-state index contributed by atoms with van der Waals surface area (Å²) >= 11 is 3.24. The third-order valence-corrected chi connectivity index (χ3v) is 8.10. The number of nitrogens with one attached hydrogen (secondary N) is 2. The summed E-state index contributed by atoms with van der Waals surface area (Å²) in [6.45, 7) is 7.01. The van der Waals surface area contributed by atoms with Crippen LogP contribution in [0.5, 0.6) is 0 Å². The van der Waals surface area contributed by atoms with E-state index in [9.17, 15) is 9.90 Å². The second-order valence-corrected chi connectivity index (χ2v) is 11.1. The van der Waals surface area contributed by atoms with Crippen molar-refractivity contribution in [3.05, 3.63) is 75.8 Å². The standard InChI is InChI=1S/C26H32N4O4S2/c1-4-27-25(32)28-13-18-5-11-21(12-6-18)24-33-22(15-35-26-30-29-17(3)36-26)16(2)23(34-24)20-9-7-19(14-31)8-10-20/h5-12,16,22-24,31H,4,13-15H2,1-3H3,(H2,27,28,32)/t16-,22+,23+,24+/m0/s1. The van der Waals surface area contributed by atoms with Crippen molar-refractivity contribution in [3.8, 4) is 0 Å². The lowest BCUT2D eigenvalue weighted by molar-refractivity contribution is -0.268. The van der Waals surface area contributed by atoms with Crippen LogP contribution in [-0.2, 0) is 22.6 Å². The number of urea groups is 1. The number of thioether (sulfide) groups is 1. The first-order valence-electron chi connectivity index (χ1n) is 12.0. The molecular formula is C26H32N4O4S2. The zero-order valence-corrected chi connectivity index (χ0v) is 22.3. The number of carbonyl (C=O) groups excluding carboxylic acids is 1. The van der Waals surface area contributed by atoms with Crippen molar-refractivity contribution in [2.75, 3.05) is 12.3 Å². The molecule has 0 unspecified atom stereocenters. The first-order chi connectivity index (χ1) is 17.5. The van der Waals surface area contributed by atoms with Crippen LogP contribution in [0.1, 0.15) is 53.5 Å². The molecule has 4 atom stereocenters. The minimum absolute atomic E-state index is 0.00886. The molecule has 0 bridgehead atoms. The van der Waals surface area contributed by atoms with Crippen molar-refractivity contribution < 1.29 is 19.4 Å². The number of hydrogen-bond donors (Lipinski definition) is 3. The fourth-order valence-corrected chi connectivity index (χ4v) is 6.00. The number of aromatic nitrogens is 2. The molecule has 1 aliphatic rings. The Hall–Kier alpha value is -2.50. The normalized spacial score (nSPS) is 21.8. The molecule has 1 aromatic heterocycles. The lowest BCUT2D eigenvalue weighted by Gasteiger charge is -2.41. The van der Waals surface area contributed by atoms with E-state index in [0.717, 1.165) is 37.4 Å². The first kappa shape index (κ1) is 26.6. The van der Waals surface area contributed by atoms with Gasteiger partial charge in [-0.1, -0.05) is 78.6 Å². The van der Waals surface area contributed by atoms with Gasteiger partial charge in [-0.25, -0.2) is 4.79 Å². The van der Waals surface area contributed by atoms with Gasteiger partial charge in [-0.2, -0.15) is 0 Å². The molecule has 0 aliphatic carbocycles. The number of benzene rings is 2. The SMILES string of the molecule is CCNC(=O)NCc1ccc([C@@H]2O[C@H](CSc3nnc(C)s3)[C@H](C)[C@H](c3ccc(CO)cc3)O2)cc1. The van der Waals surface area contributed by atoms with Gasteiger partial charge in [0.05, 0.1) is 18.8 Å². The number of aryl methyl sites for hydroxylation is 1. The molecule has 1 fully saturated rings. The van der Waals surface area contributed by atoms with Gasteiger partial charge in [0.15, 0.2) is 10.6 Å². The number of ether oxygens (including phenoxy) is 2. The Balaban J connectivity index is 1.50. The van der Waals surface area contributed by atoms with Gasteiger partial charge >= 0.3 is 6.03 Å². The molecule has 2 heterocycles. The summed E-state index contributed by atoms with van der Waals surface area (Å²) in [4.78, 5) is 11.7. The zero-order valence-electron chi connectivity index (χ0n) is 20.6. The van der Waals surface area contributed by atoms with Crippen LogP contribution in [0.15, 0.2) is 52.9 Å². The molecule has 0 saturated carbocycles. The van der Waals surface area contributed by atoms with E-state index in [1.54, 1.807) is 23.1 Å². The van der Waals surface area contributed by atoms with Crippen LogP contribution in [-0.4, -0.2) is 39.7 Å². The smallest absolute Gasteiger partial charge is 0.315 e. The number of carbonyl (C=O) groups is 1. The summed E-state index contributed by atoms with van der Waals surface area (Å²) in [5, 5.41) is 24.3. The lowest BCUT2D eigenvalue weighted by atomic mass is 9.91. The quantitative estimate of drug-likeness (QED) is 0.345. The minimum atomic E-state index is -0.532. The highest BCUT2D eigenvalue weighted by molar-refractivity contribution is 8.01. The highest BCUT2D eigenvalue weighted by Gasteiger charge is 2.38. The van der Waals surface area contributed by atoms with Crippen molar-refractivity contribution >= 4 is 29.1 Å². The van der Waals surface area contributed by atoms with Gasteiger partial charge in [0, 0.05) is 30.3 Å². The topological polar surface area (TPSA) is 106 Å². The molecular weight excluding hydrogens is 496 g/mol. The Morgan fingerprint density at radius 1 is 1.03 bits per heavy atom. The number of nitrogens with zero attached hydrogens (tertiary/aromatic N) is 2. The van der Waals surface area contributed by atoms with Gasteiger partial charge in [0.2, 0.25) is 0 Å². The van der Waals surface area contributed by atoms with Crippen LogP contribution >= 0.6 is 23.1 Å². The summed E-state index contributed by atoms with van der Waals surface area (Å²) in [6, 6.07) is 15.6. The Kier molecular flexibility index (Phi) is 9.33. The fourth-order valence-electron chi connectivity index (χ4n) is 4.00. The van der Waals surface area contributed by atoms with Crippen molar-refractivity contribution in [1.29, 1.82) is 0 Å². The first-order valence-corrected chi connectivity index (χ1v) is 13.8. The third kappa shape index (κ3) is 6.83. The highest BCUT2D eigenvalue weighted by atomic mass is 32.2. The number of hydrogen-bond acceptors (Lipinski definition) is 8. The minimum Gasteiger partial charge on any atom is -0.392 e. The molecule has 1 aliphatic heterocycles. The van der Waals surface area contributed by atoms with E-state index < -0.39 is 6.29 Å². The predicted octanol–water partition coefficient (Wildman–Crippen LogP) is 4.74. The molecule has 2 aromatic carbocycles. The van der Waals surface area contributed by atoms with Crippen LogP contribution in [0.4, 0.5) is 4.79 Å². The molecule has 3 aromatic rings. The fraction of sp³-hybridized carbons (Fsp3) is 0.423. The van der Waals surface area contributed by atoms with Crippen LogP contribution in [0.3, 0.4) is 0 Å². The second-order valence-electron chi connectivity index (χ2n) is 8.67. The average molecular weight is 529 g/mol. The van der Waals surface area contributed by atoms with Crippen LogP contribution in [0.2, 0.25) is 0 Å². The summed E-state index contributed by atoms with van der Waals surface area (Å²) in [7, 11) is 0. The summed E-state index contributed by atoms with van der Waals surface area (Å²) in [6.07, 6.45) is -0.771. The van der Waals surface area contributed by atoms with Crippen LogP contribution in [0.25, 0.3) is 0 Å². The number of aliphatic hydroxyl groups excluding tert-OH is 1. The van der Waals surface area contributed by atoms with E-state index in [-0.39, 0.29) is 30.8 Å². The lowest BCUT2D eigenvalue weighted by Crippen LogP contribution is -2.38. The monoisotopic (exact) mass is 528 g/mol. The Bertz CT molecular complexity index is 1120. The number of amides is 2. The Labute approximate surface area is 219 Å². The van der Waals surface area contributed by atoms with E-state index in [2.05, 4.69) is 27.8 Å². The molecule has 3 N–H and O–H groups in total. The summed E-state index contributed by atoms with van der Waals surface area (Å²) in [5.74, 6) is 0.832. The number of aliphatic hydroxyl groups is 1. The average Bonchev–Trinajstić information content (AvgIpc) is 3.32. The van der Waals surface area contributed by atoms with Gasteiger partial charge in [0.1, 0.15) is 5.01 Å². The van der Waals surface area contributed by atoms with Gasteiger partial charge in [-0.3, -0.25) is 0 Å². The molecule has 8 nitrogen and oxygen atoms in total. The largest absolute Gasteiger partial charge is 0.392 e. The van der Waals surface area contributed by atoms with Crippen molar-refractivity contribution in [2.24, 2.45) is 5.92 Å². The number of rotatable bonds is 9. The molecule has 0 spiro atoms. The molecule has 0 radical (unpaired) electrons. The molecule has 1 saturated heterocycles. The van der Waals surface area contributed by atoms with Gasteiger partial charge in [-0.15, -0.1) is 10.2 Å². The van der Waals surface area contributed by atoms with Crippen LogP contribution < -0.4 is 10.6 Å². The second kappa shape index (κ2) is 12.6. The third-order valence-electron chi connectivity index (χ3n) is 6.04. The van der Waals surface area contributed by atoms with Gasteiger partial charge < -0.3 is 25.2 Å². The molecule has 4 rings (SSSR count). The molecule has 2 amide bonds. The van der Waals surface area contributed by atoms with E-state index >= 15 is 0 Å². The van der Waals surface area contributed by atoms with E-state index in [1.807, 2.05) is 62.4 Å². The molecule has 10 heteroatoms. The van der Waals surface area contributed by atoms with Crippen LogP contribution in [0, 0.1) is 12.8 Å². The zero-order chi connectivity index (χ0) is 25.5. The van der Waals surface area contributed by atoms with E-state index in [0.29, 0.717) is 13.1 Å². The maximum atomic E-state index is 11.7. The van der Waals surface area contributed by atoms with Crippen molar-refractivity contribution in [2.45, 2.75) is 56.8 Å². The highest BCUT2D eigenvalue weighted by Crippen LogP contribution is 2.43. The Morgan fingerprint density at radius 3 is 2.36 bits per heavy atom.